The topological polar surface area (TPSA) is 15.3 Å². The van der Waals surface area contributed by atoms with Crippen LogP contribution >= 0.6 is 0 Å². The van der Waals surface area contributed by atoms with E-state index in [4.69, 9.17) is 0 Å². The number of benzene rings is 1. The molecule has 1 rings (SSSR count). The molecule has 16 heavy (non-hydrogen) atoms. The Labute approximate surface area is 99.7 Å². The van der Waals surface area contributed by atoms with Gasteiger partial charge in [0.25, 0.3) is 0 Å². The minimum Gasteiger partial charge on any atom is -0.320 e. The first-order valence-electron chi connectivity index (χ1n) is 6.04. The maximum atomic E-state index is 3.20. The molecule has 0 fully saturated rings. The van der Waals surface area contributed by atoms with Crippen molar-refractivity contribution in [1.82, 2.24) is 10.2 Å². The smallest absolute Gasteiger partial charge is 0.0233 e. The molecule has 0 aliphatic rings. The lowest BCUT2D eigenvalue weighted by molar-refractivity contribution is 0.237. The lowest BCUT2D eigenvalue weighted by Gasteiger charge is -2.24. The van der Waals surface area contributed by atoms with Crippen LogP contribution in [0.25, 0.3) is 0 Å². The summed E-state index contributed by atoms with van der Waals surface area (Å²) in [6.07, 6.45) is 1.19. The van der Waals surface area contributed by atoms with E-state index in [0.29, 0.717) is 6.04 Å². The molecule has 0 heterocycles. The van der Waals surface area contributed by atoms with Crippen molar-refractivity contribution in [3.05, 3.63) is 35.4 Å². The first-order valence-corrected chi connectivity index (χ1v) is 6.04. The van der Waals surface area contributed by atoms with Gasteiger partial charge in [0.1, 0.15) is 0 Å². The third kappa shape index (κ3) is 4.33. The van der Waals surface area contributed by atoms with Crippen molar-refractivity contribution >= 4 is 0 Å². The number of hydrogen-bond acceptors (Lipinski definition) is 2. The molecule has 0 aliphatic heterocycles. The van der Waals surface area contributed by atoms with Crippen LogP contribution in [0.3, 0.4) is 0 Å². The van der Waals surface area contributed by atoms with E-state index >= 15 is 0 Å². The molecule has 0 aromatic heterocycles. The lowest BCUT2D eigenvalue weighted by atomic mass is 10.1. The zero-order chi connectivity index (χ0) is 12.0. The van der Waals surface area contributed by atoms with Gasteiger partial charge in [-0.15, -0.1) is 0 Å². The summed E-state index contributed by atoms with van der Waals surface area (Å²) in [4.78, 5) is 2.41. The van der Waals surface area contributed by atoms with Crippen molar-refractivity contribution in [2.75, 3.05) is 20.6 Å². The van der Waals surface area contributed by atoms with Crippen LogP contribution in [0.15, 0.2) is 24.3 Å². The standard InChI is InChI=1S/C14H24N2/c1-12-6-5-7-14(10-12)11-16(4)13(2)8-9-15-3/h5-7,10,13,15H,8-9,11H2,1-4H3. The lowest BCUT2D eigenvalue weighted by Crippen LogP contribution is -2.31. The summed E-state index contributed by atoms with van der Waals surface area (Å²) < 4.78 is 0. The molecule has 1 N–H and O–H groups in total. The Morgan fingerprint density at radius 2 is 2.12 bits per heavy atom. The molecule has 0 aliphatic carbocycles. The first-order chi connectivity index (χ1) is 7.63. The highest BCUT2D eigenvalue weighted by Crippen LogP contribution is 2.09. The minimum atomic E-state index is 0.618. The van der Waals surface area contributed by atoms with Gasteiger partial charge in [-0.25, -0.2) is 0 Å². The van der Waals surface area contributed by atoms with E-state index in [1.54, 1.807) is 0 Å². The Balaban J connectivity index is 2.47. The molecular weight excluding hydrogens is 196 g/mol. The highest BCUT2D eigenvalue weighted by Gasteiger charge is 2.08. The Morgan fingerprint density at radius 1 is 1.38 bits per heavy atom. The zero-order valence-electron chi connectivity index (χ0n) is 11.0. The highest BCUT2D eigenvalue weighted by atomic mass is 15.1. The van der Waals surface area contributed by atoms with Gasteiger partial charge >= 0.3 is 0 Å². The van der Waals surface area contributed by atoms with E-state index in [2.05, 4.69) is 55.4 Å². The Hall–Kier alpha value is -0.860. The minimum absolute atomic E-state index is 0.618. The molecule has 0 saturated carbocycles. The summed E-state index contributed by atoms with van der Waals surface area (Å²) in [6, 6.07) is 9.37. The van der Waals surface area contributed by atoms with Crippen LogP contribution in [-0.4, -0.2) is 31.6 Å². The second-order valence-corrected chi connectivity index (χ2v) is 4.65. The SMILES string of the molecule is CNCCC(C)N(C)Cc1cccc(C)c1. The van der Waals surface area contributed by atoms with Crippen molar-refractivity contribution in [2.45, 2.75) is 32.9 Å². The molecule has 1 aromatic rings. The van der Waals surface area contributed by atoms with Gasteiger partial charge in [-0.2, -0.15) is 0 Å². The van der Waals surface area contributed by atoms with Crippen molar-refractivity contribution < 1.29 is 0 Å². The van der Waals surface area contributed by atoms with Gasteiger partial charge in [0.15, 0.2) is 0 Å². The summed E-state index contributed by atoms with van der Waals surface area (Å²) in [5.41, 5.74) is 2.74. The Kier molecular flexibility index (Phi) is 5.50. The van der Waals surface area contributed by atoms with Crippen LogP contribution in [0.1, 0.15) is 24.5 Å². The predicted octanol–water partition coefficient (Wildman–Crippen LogP) is 2.42. The number of hydrogen-bond donors (Lipinski definition) is 1. The molecular formula is C14H24N2. The summed E-state index contributed by atoms with van der Waals surface area (Å²) in [5.74, 6) is 0. The van der Waals surface area contributed by atoms with Crippen LogP contribution in [0.2, 0.25) is 0 Å². The molecule has 1 aromatic carbocycles. The predicted molar refractivity (Wildman–Crippen MR) is 70.7 cm³/mol. The summed E-state index contributed by atoms with van der Waals surface area (Å²) in [5, 5.41) is 3.20. The van der Waals surface area contributed by atoms with E-state index < -0.39 is 0 Å². The van der Waals surface area contributed by atoms with Crippen molar-refractivity contribution in [3.8, 4) is 0 Å². The molecule has 0 saturated heterocycles. The fraction of sp³-hybridized carbons (Fsp3) is 0.571. The summed E-state index contributed by atoms with van der Waals surface area (Å²) in [7, 11) is 4.20. The van der Waals surface area contributed by atoms with Gasteiger partial charge in [-0.3, -0.25) is 4.90 Å². The van der Waals surface area contributed by atoms with E-state index in [1.165, 1.54) is 17.5 Å². The fourth-order valence-corrected chi connectivity index (χ4v) is 1.83. The van der Waals surface area contributed by atoms with E-state index in [9.17, 15) is 0 Å². The van der Waals surface area contributed by atoms with E-state index in [-0.39, 0.29) is 0 Å². The van der Waals surface area contributed by atoms with Gasteiger partial charge in [-0.05, 0) is 46.5 Å². The largest absolute Gasteiger partial charge is 0.320 e. The Morgan fingerprint density at radius 3 is 2.75 bits per heavy atom. The number of nitrogens with one attached hydrogen (secondary N) is 1. The van der Waals surface area contributed by atoms with Crippen molar-refractivity contribution in [3.63, 3.8) is 0 Å². The van der Waals surface area contributed by atoms with E-state index in [1.807, 2.05) is 7.05 Å². The average Bonchev–Trinajstić information content (AvgIpc) is 2.25. The molecule has 0 spiro atoms. The van der Waals surface area contributed by atoms with Crippen molar-refractivity contribution in [1.29, 1.82) is 0 Å². The monoisotopic (exact) mass is 220 g/mol. The number of nitrogens with zero attached hydrogens (tertiary/aromatic N) is 1. The molecule has 2 nitrogen and oxygen atoms in total. The molecule has 1 unspecified atom stereocenters. The Bertz CT molecular complexity index is 309. The second kappa shape index (κ2) is 6.66. The second-order valence-electron chi connectivity index (χ2n) is 4.65. The van der Waals surface area contributed by atoms with Gasteiger partial charge in [0, 0.05) is 12.6 Å². The summed E-state index contributed by atoms with van der Waals surface area (Å²) >= 11 is 0. The van der Waals surface area contributed by atoms with Gasteiger partial charge in [0.05, 0.1) is 0 Å². The zero-order valence-corrected chi connectivity index (χ0v) is 11.0. The van der Waals surface area contributed by atoms with Crippen LogP contribution in [-0.2, 0) is 6.54 Å². The molecule has 1 atom stereocenters. The van der Waals surface area contributed by atoms with Crippen LogP contribution < -0.4 is 5.32 Å². The molecule has 0 bridgehead atoms. The third-order valence-electron chi connectivity index (χ3n) is 3.08. The van der Waals surface area contributed by atoms with Gasteiger partial charge in [-0.1, -0.05) is 29.8 Å². The van der Waals surface area contributed by atoms with Crippen LogP contribution in [0.5, 0.6) is 0 Å². The molecule has 90 valence electrons. The van der Waals surface area contributed by atoms with Gasteiger partial charge < -0.3 is 5.32 Å². The first kappa shape index (κ1) is 13.2. The van der Waals surface area contributed by atoms with Gasteiger partial charge in [0.2, 0.25) is 0 Å². The number of rotatable bonds is 6. The summed E-state index contributed by atoms with van der Waals surface area (Å²) in [6.45, 7) is 6.55. The molecule has 2 heteroatoms. The fourth-order valence-electron chi connectivity index (χ4n) is 1.83. The van der Waals surface area contributed by atoms with Crippen LogP contribution in [0, 0.1) is 6.92 Å². The van der Waals surface area contributed by atoms with E-state index in [0.717, 1.165) is 13.1 Å². The highest BCUT2D eigenvalue weighted by molar-refractivity contribution is 5.22. The molecule has 0 radical (unpaired) electrons. The number of aryl methyl sites for hydroxylation is 1. The quantitative estimate of drug-likeness (QED) is 0.792. The van der Waals surface area contributed by atoms with Crippen LogP contribution in [0.4, 0.5) is 0 Å². The normalized spacial score (nSPS) is 13.1. The molecule has 0 amide bonds. The average molecular weight is 220 g/mol. The third-order valence-corrected chi connectivity index (χ3v) is 3.08. The van der Waals surface area contributed by atoms with Crippen molar-refractivity contribution in [2.24, 2.45) is 0 Å². The maximum Gasteiger partial charge on any atom is 0.0233 e. The maximum absolute atomic E-state index is 3.20.